The van der Waals surface area contributed by atoms with E-state index in [1.165, 1.54) is 6.26 Å². The van der Waals surface area contributed by atoms with Crippen LogP contribution in [0.5, 0.6) is 0 Å². The van der Waals surface area contributed by atoms with Gasteiger partial charge in [0.15, 0.2) is 4.67 Å². The fourth-order valence-electron chi connectivity index (χ4n) is 1.47. The number of nitrogens with one attached hydrogen (secondary N) is 2. The summed E-state index contributed by atoms with van der Waals surface area (Å²) in [6.45, 7) is 0. The van der Waals surface area contributed by atoms with Crippen molar-refractivity contribution >= 4 is 39.2 Å². The third-order valence-electron chi connectivity index (χ3n) is 2.25. The maximum Gasteiger partial charge on any atom is 0.316 e. The van der Waals surface area contributed by atoms with Gasteiger partial charge < -0.3 is 20.8 Å². The SMILES string of the molecule is NC(=O)Nc1cccc(NC(=O)c2ccoc2Br)c1. The number of halogens is 1. The first kappa shape index (κ1) is 13.2. The fraction of sp³-hybridized carbons (Fsp3) is 0. The van der Waals surface area contributed by atoms with Crippen LogP contribution in [0.15, 0.2) is 45.7 Å². The summed E-state index contributed by atoms with van der Waals surface area (Å²) in [5, 5.41) is 5.10. The molecular weight excluding hydrogens is 314 g/mol. The Kier molecular flexibility index (Phi) is 3.86. The molecule has 0 radical (unpaired) electrons. The number of benzene rings is 1. The number of amides is 3. The molecule has 0 aliphatic rings. The lowest BCUT2D eigenvalue weighted by molar-refractivity contribution is 0.102. The monoisotopic (exact) mass is 323 g/mol. The highest BCUT2D eigenvalue weighted by molar-refractivity contribution is 9.10. The maximum atomic E-state index is 11.9. The molecular formula is C12H10BrN3O3. The van der Waals surface area contributed by atoms with E-state index < -0.39 is 6.03 Å². The highest BCUT2D eigenvalue weighted by atomic mass is 79.9. The van der Waals surface area contributed by atoms with Crippen LogP contribution in [-0.4, -0.2) is 11.9 Å². The van der Waals surface area contributed by atoms with Gasteiger partial charge in [0.2, 0.25) is 0 Å². The summed E-state index contributed by atoms with van der Waals surface area (Å²) in [6.07, 6.45) is 1.41. The molecule has 1 aromatic heterocycles. The predicted molar refractivity (Wildman–Crippen MR) is 74.0 cm³/mol. The van der Waals surface area contributed by atoms with Crippen molar-refractivity contribution in [2.75, 3.05) is 10.6 Å². The van der Waals surface area contributed by atoms with Gasteiger partial charge in [-0.1, -0.05) is 6.07 Å². The normalized spacial score (nSPS) is 9.95. The number of carbonyl (C=O) groups excluding carboxylic acids is 2. The third-order valence-corrected chi connectivity index (χ3v) is 2.86. The van der Waals surface area contributed by atoms with E-state index in [-0.39, 0.29) is 5.91 Å². The first-order valence-electron chi connectivity index (χ1n) is 5.27. The van der Waals surface area contributed by atoms with Crippen LogP contribution >= 0.6 is 15.9 Å². The number of urea groups is 1. The van der Waals surface area contributed by atoms with E-state index in [4.69, 9.17) is 10.2 Å². The zero-order chi connectivity index (χ0) is 13.8. The molecule has 0 atom stereocenters. The molecule has 19 heavy (non-hydrogen) atoms. The molecule has 0 spiro atoms. The Bertz CT molecular complexity index is 624. The second-order valence-corrected chi connectivity index (χ2v) is 4.35. The Morgan fingerprint density at radius 1 is 1.16 bits per heavy atom. The molecule has 3 amide bonds. The van der Waals surface area contributed by atoms with E-state index in [1.807, 2.05) is 0 Å². The van der Waals surface area contributed by atoms with Gasteiger partial charge in [0, 0.05) is 11.4 Å². The average Bonchev–Trinajstić information content (AvgIpc) is 2.75. The highest BCUT2D eigenvalue weighted by Crippen LogP contribution is 2.20. The van der Waals surface area contributed by atoms with Crippen LogP contribution in [-0.2, 0) is 0 Å². The lowest BCUT2D eigenvalue weighted by Crippen LogP contribution is -2.19. The smallest absolute Gasteiger partial charge is 0.316 e. The molecule has 6 nitrogen and oxygen atoms in total. The Morgan fingerprint density at radius 3 is 2.42 bits per heavy atom. The molecule has 7 heteroatoms. The number of carbonyl (C=O) groups is 2. The van der Waals surface area contributed by atoms with Crippen molar-refractivity contribution < 1.29 is 14.0 Å². The van der Waals surface area contributed by atoms with Gasteiger partial charge in [0.1, 0.15) is 0 Å². The van der Waals surface area contributed by atoms with Crippen molar-refractivity contribution in [2.45, 2.75) is 0 Å². The molecule has 0 aliphatic heterocycles. The van der Waals surface area contributed by atoms with Crippen LogP contribution < -0.4 is 16.4 Å². The molecule has 0 aliphatic carbocycles. The summed E-state index contributed by atoms with van der Waals surface area (Å²) < 4.78 is 5.34. The van der Waals surface area contributed by atoms with Crippen molar-refractivity contribution in [1.29, 1.82) is 0 Å². The van der Waals surface area contributed by atoms with E-state index in [2.05, 4.69) is 26.6 Å². The van der Waals surface area contributed by atoms with Gasteiger partial charge >= 0.3 is 6.03 Å². The lowest BCUT2D eigenvalue weighted by atomic mass is 10.2. The minimum absolute atomic E-state index is 0.322. The van der Waals surface area contributed by atoms with Crippen molar-refractivity contribution in [3.63, 3.8) is 0 Å². The number of hydrogen-bond acceptors (Lipinski definition) is 3. The Morgan fingerprint density at radius 2 is 1.84 bits per heavy atom. The van der Waals surface area contributed by atoms with Gasteiger partial charge in [0.25, 0.3) is 5.91 Å². The second-order valence-electron chi connectivity index (χ2n) is 3.63. The number of rotatable bonds is 3. The summed E-state index contributed by atoms with van der Waals surface area (Å²) in [6, 6.07) is 7.51. The molecule has 2 aromatic rings. The van der Waals surface area contributed by atoms with Gasteiger partial charge in [-0.25, -0.2) is 4.79 Å². The van der Waals surface area contributed by atoms with Gasteiger partial charge in [-0.15, -0.1) is 0 Å². The number of nitrogens with two attached hydrogens (primary N) is 1. The molecule has 4 N–H and O–H groups in total. The van der Waals surface area contributed by atoms with E-state index in [9.17, 15) is 9.59 Å². The summed E-state index contributed by atoms with van der Waals surface area (Å²) >= 11 is 3.13. The van der Waals surface area contributed by atoms with E-state index in [0.717, 1.165) is 0 Å². The molecule has 0 bridgehead atoms. The van der Waals surface area contributed by atoms with Crippen LogP contribution in [0.25, 0.3) is 0 Å². The Hall–Kier alpha value is -2.28. The Labute approximate surface area is 117 Å². The van der Waals surface area contributed by atoms with Crippen LogP contribution in [0.2, 0.25) is 0 Å². The minimum Gasteiger partial charge on any atom is -0.457 e. The van der Waals surface area contributed by atoms with E-state index in [1.54, 1.807) is 30.3 Å². The van der Waals surface area contributed by atoms with Crippen LogP contribution in [0.3, 0.4) is 0 Å². The van der Waals surface area contributed by atoms with Crippen molar-refractivity contribution in [3.05, 3.63) is 46.8 Å². The van der Waals surface area contributed by atoms with Gasteiger partial charge in [0.05, 0.1) is 11.8 Å². The standard InChI is InChI=1S/C12H10BrN3O3/c13-10-9(4-5-19-10)11(17)15-7-2-1-3-8(6-7)16-12(14)18/h1-6H,(H,15,17)(H3,14,16,18). The topological polar surface area (TPSA) is 97.4 Å². The van der Waals surface area contributed by atoms with Gasteiger partial charge in [-0.3, -0.25) is 4.79 Å². The van der Waals surface area contributed by atoms with E-state index in [0.29, 0.717) is 21.6 Å². The maximum absolute atomic E-state index is 11.9. The fourth-order valence-corrected chi connectivity index (χ4v) is 1.89. The molecule has 1 aromatic carbocycles. The zero-order valence-electron chi connectivity index (χ0n) is 9.64. The van der Waals surface area contributed by atoms with E-state index >= 15 is 0 Å². The predicted octanol–water partition coefficient (Wildman–Crippen LogP) is 2.79. The van der Waals surface area contributed by atoms with Crippen LogP contribution in [0.4, 0.5) is 16.2 Å². The number of anilines is 2. The summed E-state index contributed by atoms with van der Waals surface area (Å²) in [7, 11) is 0. The zero-order valence-corrected chi connectivity index (χ0v) is 11.2. The minimum atomic E-state index is -0.666. The average molecular weight is 324 g/mol. The van der Waals surface area contributed by atoms with Gasteiger partial charge in [-0.05, 0) is 40.2 Å². The second kappa shape index (κ2) is 5.57. The van der Waals surface area contributed by atoms with Crippen LogP contribution in [0, 0.1) is 0 Å². The Balaban J connectivity index is 2.13. The van der Waals surface area contributed by atoms with Crippen molar-refractivity contribution in [1.82, 2.24) is 0 Å². The summed E-state index contributed by atoms with van der Waals surface area (Å²) in [5.41, 5.74) is 6.43. The lowest BCUT2D eigenvalue weighted by Gasteiger charge is -2.06. The first-order chi connectivity index (χ1) is 9.06. The largest absolute Gasteiger partial charge is 0.457 e. The molecule has 98 valence electrons. The van der Waals surface area contributed by atoms with Crippen LogP contribution in [0.1, 0.15) is 10.4 Å². The molecule has 0 saturated heterocycles. The first-order valence-corrected chi connectivity index (χ1v) is 6.06. The van der Waals surface area contributed by atoms with Crippen molar-refractivity contribution in [2.24, 2.45) is 5.73 Å². The molecule has 0 unspecified atom stereocenters. The summed E-state index contributed by atoms with van der Waals surface area (Å²) in [5.74, 6) is -0.322. The summed E-state index contributed by atoms with van der Waals surface area (Å²) in [4.78, 5) is 22.7. The highest BCUT2D eigenvalue weighted by Gasteiger charge is 2.12. The van der Waals surface area contributed by atoms with Crippen molar-refractivity contribution in [3.8, 4) is 0 Å². The van der Waals surface area contributed by atoms with Gasteiger partial charge in [-0.2, -0.15) is 0 Å². The molecule has 1 heterocycles. The third kappa shape index (κ3) is 3.35. The number of primary amides is 1. The quantitative estimate of drug-likeness (QED) is 0.810. The number of furan rings is 1. The molecule has 2 rings (SSSR count). The molecule has 0 fully saturated rings. The molecule has 0 saturated carbocycles. The number of hydrogen-bond donors (Lipinski definition) is 3.